The number of amides is 1. The smallest absolute Gasteiger partial charge is 0.326 e. The van der Waals surface area contributed by atoms with Crippen LogP contribution in [-0.2, 0) is 14.3 Å². The van der Waals surface area contributed by atoms with Crippen LogP contribution in [0.4, 0.5) is 11.6 Å². The van der Waals surface area contributed by atoms with Gasteiger partial charge in [0.05, 0.1) is 0 Å². The van der Waals surface area contributed by atoms with Gasteiger partial charge in [-0.3, -0.25) is 9.59 Å². The third-order valence-corrected chi connectivity index (χ3v) is 3.95. The minimum absolute atomic E-state index is 0.0579. The molecule has 3 rings (SSSR count). The number of carbonyl (C=O) groups is 2. The molecule has 1 amide bonds. The second kappa shape index (κ2) is 8.27. The standard InChI is InChI=1S/C20H20N4O3/c1-14(27-18(25)13-24(2)20-21-10-5-11-22-20)19(26)23-17-9-8-15-6-3-4-7-16(15)12-17/h3-12,14H,13H2,1-2H3,(H,23,26). The summed E-state index contributed by atoms with van der Waals surface area (Å²) in [6.07, 6.45) is 2.25. The monoisotopic (exact) mass is 364 g/mol. The average molecular weight is 364 g/mol. The van der Waals surface area contributed by atoms with Crippen LogP contribution in [0.25, 0.3) is 10.8 Å². The van der Waals surface area contributed by atoms with Crippen molar-refractivity contribution in [3.8, 4) is 0 Å². The minimum atomic E-state index is -0.922. The number of benzene rings is 2. The zero-order valence-corrected chi connectivity index (χ0v) is 15.1. The largest absolute Gasteiger partial charge is 0.451 e. The number of nitrogens with zero attached hydrogens (tertiary/aromatic N) is 3. The zero-order chi connectivity index (χ0) is 19.2. The highest BCUT2D eigenvalue weighted by atomic mass is 16.5. The van der Waals surface area contributed by atoms with Crippen molar-refractivity contribution in [1.29, 1.82) is 0 Å². The molecule has 0 aliphatic rings. The molecule has 1 unspecified atom stereocenters. The van der Waals surface area contributed by atoms with Crippen LogP contribution in [-0.4, -0.2) is 41.5 Å². The molecule has 1 aromatic heterocycles. The van der Waals surface area contributed by atoms with Crippen molar-refractivity contribution < 1.29 is 14.3 Å². The van der Waals surface area contributed by atoms with Crippen molar-refractivity contribution in [2.45, 2.75) is 13.0 Å². The van der Waals surface area contributed by atoms with E-state index < -0.39 is 18.0 Å². The molecule has 1 atom stereocenters. The molecule has 1 heterocycles. The van der Waals surface area contributed by atoms with Crippen LogP contribution in [0.1, 0.15) is 6.92 Å². The van der Waals surface area contributed by atoms with Crippen molar-refractivity contribution in [2.24, 2.45) is 0 Å². The number of hydrogen-bond donors (Lipinski definition) is 1. The van der Waals surface area contributed by atoms with Crippen molar-refractivity contribution in [2.75, 3.05) is 23.8 Å². The first-order chi connectivity index (χ1) is 13.0. The van der Waals surface area contributed by atoms with Crippen molar-refractivity contribution in [3.05, 3.63) is 60.9 Å². The van der Waals surface area contributed by atoms with E-state index in [0.29, 0.717) is 11.6 Å². The molecule has 0 saturated carbocycles. The molecule has 0 saturated heterocycles. The predicted octanol–water partition coefficient (Wildman–Crippen LogP) is 2.64. The van der Waals surface area contributed by atoms with Gasteiger partial charge in [0.2, 0.25) is 5.95 Å². The van der Waals surface area contributed by atoms with E-state index in [-0.39, 0.29) is 6.54 Å². The Morgan fingerprint density at radius 3 is 2.52 bits per heavy atom. The molecule has 0 radical (unpaired) electrons. The fraction of sp³-hybridized carbons (Fsp3) is 0.200. The fourth-order valence-electron chi connectivity index (χ4n) is 2.55. The van der Waals surface area contributed by atoms with Crippen LogP contribution >= 0.6 is 0 Å². The van der Waals surface area contributed by atoms with E-state index in [2.05, 4.69) is 15.3 Å². The highest BCUT2D eigenvalue weighted by Gasteiger charge is 2.19. The number of esters is 1. The van der Waals surface area contributed by atoms with E-state index in [0.717, 1.165) is 10.8 Å². The number of carbonyl (C=O) groups excluding carboxylic acids is 2. The van der Waals surface area contributed by atoms with Gasteiger partial charge in [-0.15, -0.1) is 0 Å². The van der Waals surface area contributed by atoms with Crippen LogP contribution in [0, 0.1) is 0 Å². The Morgan fingerprint density at radius 2 is 1.78 bits per heavy atom. The Balaban J connectivity index is 1.55. The molecule has 2 aromatic carbocycles. The molecule has 1 N–H and O–H groups in total. The van der Waals surface area contributed by atoms with Gasteiger partial charge < -0.3 is 15.0 Å². The van der Waals surface area contributed by atoms with Crippen molar-refractivity contribution in [3.63, 3.8) is 0 Å². The molecular formula is C20H20N4O3. The van der Waals surface area contributed by atoms with Crippen LogP contribution in [0.2, 0.25) is 0 Å². The van der Waals surface area contributed by atoms with Crippen LogP contribution in [0.3, 0.4) is 0 Å². The van der Waals surface area contributed by atoms with Gasteiger partial charge >= 0.3 is 5.97 Å². The van der Waals surface area contributed by atoms with Gasteiger partial charge in [-0.1, -0.05) is 30.3 Å². The van der Waals surface area contributed by atoms with E-state index in [1.54, 1.807) is 30.4 Å². The van der Waals surface area contributed by atoms with Gasteiger partial charge in [-0.25, -0.2) is 9.97 Å². The van der Waals surface area contributed by atoms with Crippen LogP contribution in [0.15, 0.2) is 60.9 Å². The highest BCUT2D eigenvalue weighted by molar-refractivity contribution is 5.97. The molecule has 3 aromatic rings. The Labute approximate surface area is 157 Å². The van der Waals surface area contributed by atoms with Crippen LogP contribution < -0.4 is 10.2 Å². The lowest BCUT2D eigenvalue weighted by molar-refractivity contribution is -0.151. The third-order valence-electron chi connectivity index (χ3n) is 3.95. The molecule has 7 heteroatoms. The summed E-state index contributed by atoms with van der Waals surface area (Å²) in [5.41, 5.74) is 0.649. The summed E-state index contributed by atoms with van der Waals surface area (Å²) in [5.74, 6) is -0.522. The number of fused-ring (bicyclic) bond motifs is 1. The number of ether oxygens (including phenoxy) is 1. The van der Waals surface area contributed by atoms with E-state index in [4.69, 9.17) is 4.74 Å². The maximum atomic E-state index is 12.3. The molecule has 138 valence electrons. The van der Waals surface area contributed by atoms with Crippen molar-refractivity contribution in [1.82, 2.24) is 9.97 Å². The number of likely N-dealkylation sites (N-methyl/N-ethyl adjacent to an activating group) is 1. The molecule has 27 heavy (non-hydrogen) atoms. The molecule has 0 aliphatic heterocycles. The topological polar surface area (TPSA) is 84.4 Å². The number of aromatic nitrogens is 2. The Bertz CT molecular complexity index is 946. The maximum Gasteiger partial charge on any atom is 0.326 e. The van der Waals surface area contributed by atoms with Gasteiger partial charge in [-0.2, -0.15) is 0 Å². The lowest BCUT2D eigenvalue weighted by Gasteiger charge is -2.18. The Hall–Kier alpha value is -3.48. The Kier molecular flexibility index (Phi) is 5.61. The summed E-state index contributed by atoms with van der Waals surface area (Å²) < 4.78 is 5.22. The summed E-state index contributed by atoms with van der Waals surface area (Å²) >= 11 is 0. The second-order valence-electron chi connectivity index (χ2n) is 6.09. The van der Waals surface area contributed by atoms with Gasteiger partial charge in [-0.05, 0) is 35.9 Å². The average Bonchev–Trinajstić information content (AvgIpc) is 2.68. The molecule has 0 fully saturated rings. The highest BCUT2D eigenvalue weighted by Crippen LogP contribution is 2.19. The molecule has 0 bridgehead atoms. The second-order valence-corrected chi connectivity index (χ2v) is 6.09. The predicted molar refractivity (Wildman–Crippen MR) is 103 cm³/mol. The number of rotatable bonds is 6. The lowest BCUT2D eigenvalue weighted by atomic mass is 10.1. The van der Waals surface area contributed by atoms with Gasteiger partial charge in [0.25, 0.3) is 5.91 Å². The summed E-state index contributed by atoms with van der Waals surface area (Å²) in [6, 6.07) is 15.2. The number of nitrogens with one attached hydrogen (secondary N) is 1. The first-order valence-electron chi connectivity index (χ1n) is 8.50. The molecular weight excluding hydrogens is 344 g/mol. The zero-order valence-electron chi connectivity index (χ0n) is 15.1. The quantitative estimate of drug-likeness (QED) is 0.677. The summed E-state index contributed by atoms with van der Waals surface area (Å²) in [4.78, 5) is 34.0. The summed E-state index contributed by atoms with van der Waals surface area (Å²) in [5, 5.41) is 4.87. The number of anilines is 2. The van der Waals surface area contributed by atoms with Gasteiger partial charge in [0.1, 0.15) is 6.54 Å². The summed E-state index contributed by atoms with van der Waals surface area (Å²) in [7, 11) is 1.68. The normalized spacial score (nSPS) is 11.6. The van der Waals surface area contributed by atoms with Crippen LogP contribution in [0.5, 0.6) is 0 Å². The fourth-order valence-corrected chi connectivity index (χ4v) is 2.55. The first kappa shape index (κ1) is 18.3. The third kappa shape index (κ3) is 4.78. The minimum Gasteiger partial charge on any atom is -0.451 e. The molecule has 7 nitrogen and oxygen atoms in total. The van der Waals surface area contributed by atoms with E-state index >= 15 is 0 Å². The first-order valence-corrected chi connectivity index (χ1v) is 8.50. The summed E-state index contributed by atoms with van der Waals surface area (Å²) in [6.45, 7) is 1.48. The number of hydrogen-bond acceptors (Lipinski definition) is 6. The lowest BCUT2D eigenvalue weighted by Crippen LogP contribution is -2.35. The Morgan fingerprint density at radius 1 is 1.07 bits per heavy atom. The van der Waals surface area contributed by atoms with E-state index in [1.165, 1.54) is 6.92 Å². The maximum absolute atomic E-state index is 12.3. The molecule has 0 spiro atoms. The van der Waals surface area contributed by atoms with Gasteiger partial charge in [0, 0.05) is 25.1 Å². The van der Waals surface area contributed by atoms with E-state index in [9.17, 15) is 9.59 Å². The van der Waals surface area contributed by atoms with E-state index in [1.807, 2.05) is 42.5 Å². The van der Waals surface area contributed by atoms with Gasteiger partial charge in [0.15, 0.2) is 6.10 Å². The molecule has 0 aliphatic carbocycles. The van der Waals surface area contributed by atoms with Crippen molar-refractivity contribution >= 4 is 34.3 Å². The SMILES string of the molecule is CC(OC(=O)CN(C)c1ncccn1)C(=O)Nc1ccc2ccccc2c1.